The van der Waals surface area contributed by atoms with Crippen LogP contribution in [0.1, 0.15) is 23.6 Å². The average Bonchev–Trinajstić information content (AvgIpc) is 2.95. The number of rotatable bonds is 6. The summed E-state index contributed by atoms with van der Waals surface area (Å²) in [5.74, 6) is 1.22. The number of ether oxygens (including phenoxy) is 3. The fourth-order valence-electron chi connectivity index (χ4n) is 3.73. The van der Waals surface area contributed by atoms with Gasteiger partial charge in [-0.2, -0.15) is 0 Å². The van der Waals surface area contributed by atoms with Crippen molar-refractivity contribution in [2.45, 2.75) is 32.7 Å². The zero-order valence-corrected chi connectivity index (χ0v) is 18.6. The van der Waals surface area contributed by atoms with Gasteiger partial charge in [0, 0.05) is 29.9 Å². The van der Waals surface area contributed by atoms with E-state index in [9.17, 15) is 9.59 Å². The Kier molecular flexibility index (Phi) is 6.78. The van der Waals surface area contributed by atoms with Crippen LogP contribution in [0.5, 0.6) is 11.5 Å². The van der Waals surface area contributed by atoms with Crippen molar-refractivity contribution in [3.63, 3.8) is 0 Å². The Morgan fingerprint density at radius 1 is 1.09 bits per heavy atom. The highest BCUT2D eigenvalue weighted by atomic mass is 16.5. The molecule has 1 N–H and O–H groups in total. The molecule has 1 unspecified atom stereocenters. The molecular weight excluding hydrogens is 420 g/mol. The maximum atomic E-state index is 13.0. The molecule has 4 rings (SSSR count). The molecule has 170 valence electrons. The molecule has 0 saturated carbocycles. The van der Waals surface area contributed by atoms with Crippen LogP contribution in [0.25, 0.3) is 0 Å². The molecule has 1 heterocycles. The summed E-state index contributed by atoms with van der Waals surface area (Å²) < 4.78 is 16.6. The van der Waals surface area contributed by atoms with Crippen molar-refractivity contribution in [1.29, 1.82) is 0 Å². The maximum absolute atomic E-state index is 13.0. The first-order chi connectivity index (χ1) is 16.0. The summed E-state index contributed by atoms with van der Waals surface area (Å²) in [6, 6.07) is 22.4. The first-order valence-corrected chi connectivity index (χ1v) is 10.7. The van der Waals surface area contributed by atoms with E-state index in [2.05, 4.69) is 5.32 Å². The minimum Gasteiger partial charge on any atom is -0.496 e. The lowest BCUT2D eigenvalue weighted by atomic mass is 10.1. The van der Waals surface area contributed by atoms with Crippen LogP contribution in [0.3, 0.4) is 0 Å². The predicted molar refractivity (Wildman–Crippen MR) is 124 cm³/mol. The molecule has 2 amide bonds. The van der Waals surface area contributed by atoms with Crippen molar-refractivity contribution in [3.8, 4) is 11.5 Å². The van der Waals surface area contributed by atoms with Gasteiger partial charge in [0.05, 0.1) is 7.11 Å². The van der Waals surface area contributed by atoms with Gasteiger partial charge >= 0.3 is 6.09 Å². The number of para-hydroxylation sites is 1. The van der Waals surface area contributed by atoms with Crippen molar-refractivity contribution in [3.05, 3.63) is 89.5 Å². The van der Waals surface area contributed by atoms with E-state index in [1.54, 1.807) is 37.1 Å². The molecule has 1 atom stereocenters. The number of methoxy groups -OCH3 is 1. The summed E-state index contributed by atoms with van der Waals surface area (Å²) in [7, 11) is 1.61. The molecule has 0 spiro atoms. The lowest BCUT2D eigenvalue weighted by Gasteiger charge is -2.23. The summed E-state index contributed by atoms with van der Waals surface area (Å²) in [5, 5.41) is 2.75. The SMILES string of the molecule is COc1ccccc1CN1Cc2cc(NC(=O)OCc3ccccc3)ccc2OC(C)C1=O. The average molecular weight is 447 g/mol. The number of nitrogens with one attached hydrogen (secondary N) is 1. The molecule has 1 aliphatic rings. The first-order valence-electron chi connectivity index (χ1n) is 10.7. The Balaban J connectivity index is 1.48. The molecule has 7 heteroatoms. The largest absolute Gasteiger partial charge is 0.496 e. The third-order valence-electron chi connectivity index (χ3n) is 5.40. The van der Waals surface area contributed by atoms with Gasteiger partial charge < -0.3 is 19.1 Å². The zero-order chi connectivity index (χ0) is 23.2. The van der Waals surface area contributed by atoms with Gasteiger partial charge in [-0.1, -0.05) is 48.5 Å². The van der Waals surface area contributed by atoms with Crippen LogP contribution in [0, 0.1) is 0 Å². The summed E-state index contributed by atoms with van der Waals surface area (Å²) in [4.78, 5) is 27.0. The smallest absolute Gasteiger partial charge is 0.411 e. The van der Waals surface area contributed by atoms with Crippen LogP contribution in [-0.2, 0) is 29.2 Å². The van der Waals surface area contributed by atoms with Crippen LogP contribution in [0.4, 0.5) is 10.5 Å². The highest BCUT2D eigenvalue weighted by molar-refractivity contribution is 5.85. The van der Waals surface area contributed by atoms with Crippen molar-refractivity contribution in [1.82, 2.24) is 4.90 Å². The van der Waals surface area contributed by atoms with Gasteiger partial charge in [0.1, 0.15) is 18.1 Å². The highest BCUT2D eigenvalue weighted by Crippen LogP contribution is 2.30. The summed E-state index contributed by atoms with van der Waals surface area (Å²) >= 11 is 0. The van der Waals surface area contributed by atoms with Crippen LogP contribution < -0.4 is 14.8 Å². The normalized spacial score (nSPS) is 15.2. The zero-order valence-electron chi connectivity index (χ0n) is 18.6. The number of nitrogens with zero attached hydrogens (tertiary/aromatic N) is 1. The molecule has 1 aliphatic heterocycles. The molecule has 3 aromatic rings. The molecule has 0 aromatic heterocycles. The molecule has 0 fully saturated rings. The van der Waals surface area contributed by atoms with E-state index in [1.807, 2.05) is 54.6 Å². The fourth-order valence-corrected chi connectivity index (χ4v) is 3.73. The molecule has 0 saturated heterocycles. The number of carbonyl (C=O) groups excluding carboxylic acids is 2. The number of hydrogen-bond acceptors (Lipinski definition) is 5. The van der Waals surface area contributed by atoms with Crippen molar-refractivity contribution in [2.24, 2.45) is 0 Å². The van der Waals surface area contributed by atoms with Gasteiger partial charge in [-0.15, -0.1) is 0 Å². The minimum absolute atomic E-state index is 0.117. The quantitative estimate of drug-likeness (QED) is 0.591. The second-order valence-corrected chi connectivity index (χ2v) is 7.78. The Bertz CT molecular complexity index is 1130. The van der Waals surface area contributed by atoms with Crippen molar-refractivity contribution in [2.75, 3.05) is 12.4 Å². The van der Waals surface area contributed by atoms with Gasteiger partial charge in [0.2, 0.25) is 0 Å². The Labute approximate surface area is 192 Å². The van der Waals surface area contributed by atoms with E-state index in [4.69, 9.17) is 14.2 Å². The monoisotopic (exact) mass is 446 g/mol. The van der Waals surface area contributed by atoms with E-state index in [-0.39, 0.29) is 12.5 Å². The molecule has 0 bridgehead atoms. The summed E-state index contributed by atoms with van der Waals surface area (Å²) in [6.45, 7) is 2.64. The Morgan fingerprint density at radius 2 is 1.85 bits per heavy atom. The van der Waals surface area contributed by atoms with Crippen LogP contribution in [0.15, 0.2) is 72.8 Å². The van der Waals surface area contributed by atoms with Gasteiger partial charge in [0.25, 0.3) is 5.91 Å². The fraction of sp³-hybridized carbons (Fsp3) is 0.231. The van der Waals surface area contributed by atoms with E-state index >= 15 is 0 Å². The van der Waals surface area contributed by atoms with Gasteiger partial charge in [-0.3, -0.25) is 10.1 Å². The topological polar surface area (TPSA) is 77.1 Å². The van der Waals surface area contributed by atoms with Crippen LogP contribution >= 0.6 is 0 Å². The van der Waals surface area contributed by atoms with E-state index in [1.165, 1.54) is 0 Å². The third kappa shape index (κ3) is 5.44. The van der Waals surface area contributed by atoms with Gasteiger partial charge in [-0.25, -0.2) is 4.79 Å². The molecule has 3 aromatic carbocycles. The molecular formula is C26H26N2O5. The minimum atomic E-state index is -0.629. The van der Waals surface area contributed by atoms with Crippen LogP contribution in [-0.4, -0.2) is 30.1 Å². The van der Waals surface area contributed by atoms with Gasteiger partial charge in [0.15, 0.2) is 6.10 Å². The molecule has 0 radical (unpaired) electrons. The summed E-state index contributed by atoms with van der Waals surface area (Å²) in [6.07, 6.45) is -1.18. The van der Waals surface area contributed by atoms with Crippen molar-refractivity contribution >= 4 is 17.7 Å². The number of benzene rings is 3. The lowest BCUT2D eigenvalue weighted by Crippen LogP contribution is -2.37. The lowest BCUT2D eigenvalue weighted by molar-refractivity contribution is -0.138. The predicted octanol–water partition coefficient (Wildman–Crippen LogP) is 4.75. The first kappa shape index (κ1) is 22.2. The standard InChI is InChI=1S/C26H26N2O5/c1-18-25(29)28(15-20-10-6-7-11-23(20)31-2)16-21-14-22(12-13-24(21)33-18)27-26(30)32-17-19-8-4-3-5-9-19/h3-14,18H,15-17H2,1-2H3,(H,27,30). The third-order valence-corrected chi connectivity index (χ3v) is 5.40. The molecule has 7 nitrogen and oxygen atoms in total. The number of carbonyl (C=O) groups is 2. The summed E-state index contributed by atoms with van der Waals surface area (Å²) in [5.41, 5.74) is 3.17. The second kappa shape index (κ2) is 10.1. The van der Waals surface area contributed by atoms with E-state index in [0.717, 1.165) is 22.4 Å². The highest BCUT2D eigenvalue weighted by Gasteiger charge is 2.28. The number of fused-ring (bicyclic) bond motifs is 1. The maximum Gasteiger partial charge on any atom is 0.411 e. The molecule has 33 heavy (non-hydrogen) atoms. The Hall–Kier alpha value is -4.00. The number of hydrogen-bond donors (Lipinski definition) is 1. The Morgan fingerprint density at radius 3 is 2.64 bits per heavy atom. The van der Waals surface area contributed by atoms with Gasteiger partial charge in [-0.05, 0) is 36.8 Å². The second-order valence-electron chi connectivity index (χ2n) is 7.78. The number of amides is 2. The van der Waals surface area contributed by atoms with Crippen LogP contribution in [0.2, 0.25) is 0 Å². The van der Waals surface area contributed by atoms with Crippen molar-refractivity contribution < 1.29 is 23.8 Å². The number of anilines is 1. The van der Waals surface area contributed by atoms with E-state index < -0.39 is 12.2 Å². The molecule has 0 aliphatic carbocycles. The van der Waals surface area contributed by atoms with E-state index in [0.29, 0.717) is 24.5 Å².